The maximum absolute atomic E-state index is 14.4. The lowest BCUT2D eigenvalue weighted by molar-refractivity contribution is -0.163. The molecule has 3 fully saturated rings. The van der Waals surface area contributed by atoms with Gasteiger partial charge in [0, 0.05) is 13.1 Å². The van der Waals surface area contributed by atoms with Crippen LogP contribution in [0.25, 0.3) is 0 Å². The van der Waals surface area contributed by atoms with E-state index in [0.717, 1.165) is 5.56 Å². The zero-order valence-corrected chi connectivity index (χ0v) is 21.8. The van der Waals surface area contributed by atoms with Crippen LogP contribution in [0, 0.1) is 11.8 Å². The number of fused-ring (bicyclic) bond motifs is 1. The van der Waals surface area contributed by atoms with Crippen molar-refractivity contribution in [2.45, 2.75) is 69.4 Å². The number of aliphatic hydroxyl groups is 1. The summed E-state index contributed by atoms with van der Waals surface area (Å²) in [6, 6.07) is 8.09. The SMILES string of the molecule is C=CCOC(=O)[C@H]1[C@H]2C(=O)N([C@@H](CC)CO)C(C(=O)N(CC=C)Cc3ccccc3)C23CC[C@]1(CC)O3. The number of aliphatic hydroxyl groups excluding tert-OH is 1. The molecule has 0 saturated carbocycles. The van der Waals surface area contributed by atoms with Gasteiger partial charge in [0.15, 0.2) is 0 Å². The molecular formula is C29H38N2O6. The molecule has 37 heavy (non-hydrogen) atoms. The number of carbonyl (C=O) groups excluding carboxylic acids is 3. The van der Waals surface area contributed by atoms with E-state index in [1.807, 2.05) is 44.2 Å². The molecule has 3 saturated heterocycles. The average molecular weight is 511 g/mol. The van der Waals surface area contributed by atoms with Gasteiger partial charge in [-0.05, 0) is 31.2 Å². The fourth-order valence-electron chi connectivity index (χ4n) is 6.70. The summed E-state index contributed by atoms with van der Waals surface area (Å²) in [7, 11) is 0. The number of benzene rings is 1. The highest BCUT2D eigenvalue weighted by Gasteiger charge is 2.79. The minimum Gasteiger partial charge on any atom is -0.461 e. The molecule has 3 aliphatic rings. The third-order valence-electron chi connectivity index (χ3n) is 8.40. The number of ether oxygens (including phenoxy) is 2. The minimum absolute atomic E-state index is 0.0352. The Balaban J connectivity index is 1.79. The van der Waals surface area contributed by atoms with Crippen LogP contribution in [0.4, 0.5) is 0 Å². The molecule has 3 aliphatic heterocycles. The second kappa shape index (κ2) is 10.8. The summed E-state index contributed by atoms with van der Waals surface area (Å²) in [6.07, 6.45) is 5.16. The van der Waals surface area contributed by atoms with Crippen molar-refractivity contribution >= 4 is 17.8 Å². The predicted octanol–water partition coefficient (Wildman–Crippen LogP) is 2.86. The van der Waals surface area contributed by atoms with E-state index in [0.29, 0.717) is 32.2 Å². The molecule has 1 spiro atoms. The Morgan fingerprint density at radius 3 is 2.57 bits per heavy atom. The highest BCUT2D eigenvalue weighted by molar-refractivity contribution is 5.98. The quantitative estimate of drug-likeness (QED) is 0.343. The first kappa shape index (κ1) is 27.1. The average Bonchev–Trinajstić information content (AvgIpc) is 3.52. The molecule has 1 aromatic carbocycles. The van der Waals surface area contributed by atoms with E-state index in [4.69, 9.17) is 9.47 Å². The van der Waals surface area contributed by atoms with Gasteiger partial charge in [-0.2, -0.15) is 0 Å². The normalized spacial score (nSPS) is 30.6. The molecule has 3 heterocycles. The number of nitrogens with zero attached hydrogens (tertiary/aromatic N) is 2. The van der Waals surface area contributed by atoms with Crippen molar-refractivity contribution in [1.29, 1.82) is 0 Å². The van der Waals surface area contributed by atoms with Gasteiger partial charge in [0.05, 0.1) is 24.2 Å². The summed E-state index contributed by atoms with van der Waals surface area (Å²) in [5.41, 5.74) is -1.09. The van der Waals surface area contributed by atoms with E-state index < -0.39 is 41.1 Å². The third kappa shape index (κ3) is 4.30. The molecule has 1 N–H and O–H groups in total. The molecular weight excluding hydrogens is 472 g/mol. The number of likely N-dealkylation sites (tertiary alicyclic amines) is 1. The molecule has 2 bridgehead atoms. The van der Waals surface area contributed by atoms with Gasteiger partial charge in [-0.15, -0.1) is 6.58 Å². The van der Waals surface area contributed by atoms with E-state index in [1.54, 1.807) is 11.0 Å². The summed E-state index contributed by atoms with van der Waals surface area (Å²) in [5.74, 6) is -2.77. The maximum atomic E-state index is 14.4. The van der Waals surface area contributed by atoms with Crippen LogP contribution in [0.1, 0.15) is 45.1 Å². The summed E-state index contributed by atoms with van der Waals surface area (Å²) >= 11 is 0. The number of esters is 1. The van der Waals surface area contributed by atoms with Crippen molar-refractivity contribution in [3.05, 3.63) is 61.2 Å². The Labute approximate surface area is 218 Å². The van der Waals surface area contributed by atoms with Gasteiger partial charge in [0.1, 0.15) is 24.2 Å². The van der Waals surface area contributed by atoms with Gasteiger partial charge in [0.2, 0.25) is 11.8 Å². The predicted molar refractivity (Wildman–Crippen MR) is 138 cm³/mol. The second-order valence-electron chi connectivity index (χ2n) is 10.2. The maximum Gasteiger partial charge on any atom is 0.313 e. The smallest absolute Gasteiger partial charge is 0.313 e. The molecule has 0 aliphatic carbocycles. The Hall–Kier alpha value is -2.97. The van der Waals surface area contributed by atoms with Gasteiger partial charge in [-0.25, -0.2) is 0 Å². The number of hydrogen-bond donors (Lipinski definition) is 1. The van der Waals surface area contributed by atoms with E-state index in [9.17, 15) is 19.5 Å². The Bertz CT molecular complexity index is 1040. The molecule has 1 aromatic rings. The van der Waals surface area contributed by atoms with Crippen LogP contribution in [0.3, 0.4) is 0 Å². The Kier molecular flexibility index (Phi) is 7.90. The van der Waals surface area contributed by atoms with Crippen LogP contribution in [0.15, 0.2) is 55.6 Å². The molecule has 8 heteroatoms. The molecule has 0 radical (unpaired) electrons. The Morgan fingerprint density at radius 1 is 1.24 bits per heavy atom. The molecule has 4 rings (SSSR count). The number of carbonyl (C=O) groups is 3. The number of hydrogen-bond acceptors (Lipinski definition) is 6. The van der Waals surface area contributed by atoms with Crippen LogP contribution >= 0.6 is 0 Å². The van der Waals surface area contributed by atoms with E-state index in [1.165, 1.54) is 11.0 Å². The van der Waals surface area contributed by atoms with Crippen LogP contribution < -0.4 is 0 Å². The van der Waals surface area contributed by atoms with Crippen molar-refractivity contribution in [3.63, 3.8) is 0 Å². The zero-order chi connectivity index (χ0) is 26.8. The molecule has 0 aromatic heterocycles. The highest BCUT2D eigenvalue weighted by atomic mass is 16.6. The lowest BCUT2D eigenvalue weighted by Gasteiger charge is -2.39. The third-order valence-corrected chi connectivity index (χ3v) is 8.40. The van der Waals surface area contributed by atoms with Crippen molar-refractivity contribution in [3.8, 4) is 0 Å². The van der Waals surface area contributed by atoms with Crippen LogP contribution in [0.5, 0.6) is 0 Å². The molecule has 6 atom stereocenters. The van der Waals surface area contributed by atoms with Gasteiger partial charge in [-0.3, -0.25) is 14.4 Å². The van der Waals surface area contributed by atoms with Gasteiger partial charge >= 0.3 is 5.97 Å². The zero-order valence-electron chi connectivity index (χ0n) is 21.8. The van der Waals surface area contributed by atoms with Crippen LogP contribution in [-0.4, -0.2) is 75.7 Å². The van der Waals surface area contributed by atoms with E-state index in [2.05, 4.69) is 13.2 Å². The summed E-state index contributed by atoms with van der Waals surface area (Å²) in [6.45, 7) is 11.6. The summed E-state index contributed by atoms with van der Waals surface area (Å²) in [4.78, 5) is 45.1. The first-order chi connectivity index (χ1) is 17.8. The first-order valence-corrected chi connectivity index (χ1v) is 13.2. The number of amides is 2. The lowest BCUT2D eigenvalue weighted by Crippen LogP contribution is -2.58. The topological polar surface area (TPSA) is 96.4 Å². The molecule has 2 amide bonds. The molecule has 8 nitrogen and oxygen atoms in total. The van der Waals surface area contributed by atoms with Crippen molar-refractivity contribution in [2.24, 2.45) is 11.8 Å². The standard InChI is InChI=1S/C29H38N2O6/c1-5-16-30(18-20-12-10-9-11-13-20)26(34)24-29-15-14-28(8-4,37-29)23(27(35)36-17-6-2)22(29)25(33)31(24)21(7-3)19-32/h5-6,9-13,21-24,32H,1-2,7-8,14-19H2,3-4H3/t21-,22-,23+,24?,28-,29?/m0/s1. The van der Waals surface area contributed by atoms with E-state index >= 15 is 0 Å². The highest BCUT2D eigenvalue weighted by Crippen LogP contribution is 2.64. The lowest BCUT2D eigenvalue weighted by atomic mass is 9.65. The largest absolute Gasteiger partial charge is 0.461 e. The fraction of sp³-hybridized carbons (Fsp3) is 0.552. The van der Waals surface area contributed by atoms with Crippen molar-refractivity contribution in [2.75, 3.05) is 19.8 Å². The fourth-order valence-corrected chi connectivity index (χ4v) is 6.70. The van der Waals surface area contributed by atoms with Gasteiger partial charge in [-0.1, -0.05) is 62.9 Å². The molecule has 2 unspecified atom stereocenters. The minimum atomic E-state index is -1.17. The molecule has 200 valence electrons. The van der Waals surface area contributed by atoms with Crippen molar-refractivity contribution < 1.29 is 29.0 Å². The number of rotatable bonds is 12. The van der Waals surface area contributed by atoms with Crippen molar-refractivity contribution in [1.82, 2.24) is 9.80 Å². The van der Waals surface area contributed by atoms with Crippen LogP contribution in [-0.2, 0) is 30.4 Å². The summed E-state index contributed by atoms with van der Waals surface area (Å²) in [5, 5.41) is 10.2. The second-order valence-corrected chi connectivity index (χ2v) is 10.2. The van der Waals surface area contributed by atoms with Crippen LogP contribution in [0.2, 0.25) is 0 Å². The van der Waals surface area contributed by atoms with E-state index in [-0.39, 0.29) is 31.6 Å². The Morgan fingerprint density at radius 2 is 1.97 bits per heavy atom. The van der Waals surface area contributed by atoms with Gasteiger partial charge < -0.3 is 24.4 Å². The summed E-state index contributed by atoms with van der Waals surface area (Å²) < 4.78 is 12.2. The monoisotopic (exact) mass is 510 g/mol. The van der Waals surface area contributed by atoms with Gasteiger partial charge in [0.25, 0.3) is 0 Å². The first-order valence-electron chi connectivity index (χ1n) is 13.2.